The minimum absolute atomic E-state index is 0.165. The second-order valence-corrected chi connectivity index (χ2v) is 5.85. The first kappa shape index (κ1) is 14.4. The molecule has 0 aliphatic carbocycles. The Kier molecular flexibility index (Phi) is 4.54. The van der Waals surface area contributed by atoms with Crippen LogP contribution in [0.4, 0.5) is 0 Å². The monoisotopic (exact) mass is 338 g/mol. The lowest BCUT2D eigenvalue weighted by molar-refractivity contribution is 0.414. The molecule has 0 aliphatic rings. The predicted octanol–water partition coefficient (Wildman–Crippen LogP) is 5.40. The summed E-state index contributed by atoms with van der Waals surface area (Å²) in [7, 11) is 1.66. The third-order valence-electron chi connectivity index (χ3n) is 3.28. The number of alkyl halides is 1. The van der Waals surface area contributed by atoms with Crippen molar-refractivity contribution in [3.05, 3.63) is 63.1 Å². The number of methoxy groups -OCH3 is 1. The number of aryl methyl sites for hydroxylation is 2. The van der Waals surface area contributed by atoms with Gasteiger partial charge in [-0.3, -0.25) is 0 Å². The number of rotatable bonds is 3. The van der Waals surface area contributed by atoms with Gasteiger partial charge in [0, 0.05) is 4.47 Å². The highest BCUT2D eigenvalue weighted by Crippen LogP contribution is 2.38. The van der Waals surface area contributed by atoms with Crippen molar-refractivity contribution in [3.63, 3.8) is 0 Å². The first-order chi connectivity index (χ1) is 9.04. The van der Waals surface area contributed by atoms with Crippen LogP contribution in [0.2, 0.25) is 0 Å². The quantitative estimate of drug-likeness (QED) is 0.680. The summed E-state index contributed by atoms with van der Waals surface area (Å²) in [4.78, 5) is 0. The van der Waals surface area contributed by atoms with Crippen molar-refractivity contribution >= 4 is 27.5 Å². The zero-order chi connectivity index (χ0) is 14.0. The number of halogens is 2. The number of hydrogen-bond donors (Lipinski definition) is 0. The van der Waals surface area contributed by atoms with Crippen LogP contribution in [0.3, 0.4) is 0 Å². The van der Waals surface area contributed by atoms with Gasteiger partial charge in [-0.25, -0.2) is 0 Å². The van der Waals surface area contributed by atoms with Crippen LogP contribution in [0.25, 0.3) is 0 Å². The van der Waals surface area contributed by atoms with Crippen molar-refractivity contribution in [2.75, 3.05) is 7.11 Å². The second kappa shape index (κ2) is 5.98. The van der Waals surface area contributed by atoms with E-state index in [9.17, 15) is 0 Å². The van der Waals surface area contributed by atoms with E-state index in [-0.39, 0.29) is 5.38 Å². The standard InChI is InChI=1S/C16H16BrClO/c1-10-5-4-6-11(2)15(10)16(18)13-8-7-12(19-3)9-14(13)17/h4-9,16H,1-3H3. The molecular weight excluding hydrogens is 324 g/mol. The molecule has 1 nitrogen and oxygen atoms in total. The molecule has 0 aromatic heterocycles. The molecule has 0 saturated carbocycles. The lowest BCUT2D eigenvalue weighted by Gasteiger charge is -2.18. The van der Waals surface area contributed by atoms with Crippen molar-refractivity contribution in [2.24, 2.45) is 0 Å². The maximum absolute atomic E-state index is 6.67. The summed E-state index contributed by atoms with van der Waals surface area (Å²) < 4.78 is 6.18. The van der Waals surface area contributed by atoms with Crippen molar-refractivity contribution in [2.45, 2.75) is 19.2 Å². The summed E-state index contributed by atoms with van der Waals surface area (Å²) in [5.41, 5.74) is 4.65. The molecule has 0 N–H and O–H groups in total. The highest BCUT2D eigenvalue weighted by molar-refractivity contribution is 9.10. The normalized spacial score (nSPS) is 12.3. The van der Waals surface area contributed by atoms with Gasteiger partial charge in [-0.1, -0.05) is 40.2 Å². The van der Waals surface area contributed by atoms with E-state index < -0.39 is 0 Å². The topological polar surface area (TPSA) is 9.23 Å². The van der Waals surface area contributed by atoms with Crippen LogP contribution >= 0.6 is 27.5 Å². The van der Waals surface area contributed by atoms with E-state index in [1.165, 1.54) is 16.7 Å². The molecule has 0 bridgehead atoms. The van der Waals surface area contributed by atoms with Gasteiger partial charge in [-0.2, -0.15) is 0 Å². The molecule has 0 saturated heterocycles. The molecule has 2 aromatic rings. The van der Waals surface area contributed by atoms with Gasteiger partial charge in [0.15, 0.2) is 0 Å². The lowest BCUT2D eigenvalue weighted by atomic mass is 9.95. The van der Waals surface area contributed by atoms with Gasteiger partial charge in [0.05, 0.1) is 12.5 Å². The zero-order valence-corrected chi connectivity index (χ0v) is 13.5. The maximum Gasteiger partial charge on any atom is 0.120 e. The molecule has 3 heteroatoms. The third-order valence-corrected chi connectivity index (χ3v) is 4.42. The van der Waals surface area contributed by atoms with E-state index in [2.05, 4.69) is 48.0 Å². The predicted molar refractivity (Wildman–Crippen MR) is 84.3 cm³/mol. The molecule has 100 valence electrons. The Morgan fingerprint density at radius 1 is 1.11 bits per heavy atom. The number of ether oxygens (including phenoxy) is 1. The van der Waals surface area contributed by atoms with Crippen LogP contribution in [-0.4, -0.2) is 7.11 Å². The van der Waals surface area contributed by atoms with Crippen molar-refractivity contribution in [1.82, 2.24) is 0 Å². The van der Waals surface area contributed by atoms with E-state index in [1.807, 2.05) is 18.2 Å². The van der Waals surface area contributed by atoms with E-state index in [4.69, 9.17) is 16.3 Å². The van der Waals surface area contributed by atoms with Crippen LogP contribution in [-0.2, 0) is 0 Å². The summed E-state index contributed by atoms with van der Waals surface area (Å²) in [6.07, 6.45) is 0. The lowest BCUT2D eigenvalue weighted by Crippen LogP contribution is -2.00. The number of hydrogen-bond acceptors (Lipinski definition) is 1. The van der Waals surface area contributed by atoms with Crippen molar-refractivity contribution < 1.29 is 4.74 Å². The van der Waals surface area contributed by atoms with Gasteiger partial charge in [0.25, 0.3) is 0 Å². The van der Waals surface area contributed by atoms with Gasteiger partial charge in [0.1, 0.15) is 5.75 Å². The smallest absolute Gasteiger partial charge is 0.120 e. The second-order valence-electron chi connectivity index (χ2n) is 4.56. The third kappa shape index (κ3) is 2.96. The summed E-state index contributed by atoms with van der Waals surface area (Å²) in [5.74, 6) is 0.820. The van der Waals surface area contributed by atoms with E-state index in [0.29, 0.717) is 0 Å². The Morgan fingerprint density at radius 3 is 2.26 bits per heavy atom. The fourth-order valence-electron chi connectivity index (χ4n) is 2.22. The summed E-state index contributed by atoms with van der Waals surface area (Å²) in [5, 5.41) is -0.165. The van der Waals surface area contributed by atoms with Crippen LogP contribution < -0.4 is 4.74 Å². The van der Waals surface area contributed by atoms with Gasteiger partial charge in [-0.15, -0.1) is 11.6 Å². The van der Waals surface area contributed by atoms with Crippen molar-refractivity contribution in [1.29, 1.82) is 0 Å². The zero-order valence-electron chi connectivity index (χ0n) is 11.2. The minimum Gasteiger partial charge on any atom is -0.497 e. The molecule has 1 unspecified atom stereocenters. The molecule has 0 radical (unpaired) electrons. The van der Waals surface area contributed by atoms with Crippen LogP contribution in [0.1, 0.15) is 27.6 Å². The maximum atomic E-state index is 6.67. The molecule has 1 atom stereocenters. The van der Waals surface area contributed by atoms with Gasteiger partial charge >= 0.3 is 0 Å². The Bertz CT molecular complexity index is 575. The van der Waals surface area contributed by atoms with Gasteiger partial charge < -0.3 is 4.74 Å². The van der Waals surface area contributed by atoms with Crippen LogP contribution in [0.15, 0.2) is 40.9 Å². The largest absolute Gasteiger partial charge is 0.497 e. The van der Waals surface area contributed by atoms with E-state index in [1.54, 1.807) is 7.11 Å². The fourth-order valence-corrected chi connectivity index (χ4v) is 3.48. The molecule has 0 amide bonds. The Labute approximate surface area is 127 Å². The Balaban J connectivity index is 2.47. The SMILES string of the molecule is COc1ccc(C(Cl)c2c(C)cccc2C)c(Br)c1. The van der Waals surface area contributed by atoms with E-state index >= 15 is 0 Å². The summed E-state index contributed by atoms with van der Waals surface area (Å²) in [6, 6.07) is 12.1. The molecule has 0 spiro atoms. The molecule has 19 heavy (non-hydrogen) atoms. The van der Waals surface area contributed by atoms with E-state index in [0.717, 1.165) is 15.8 Å². The Hall–Kier alpha value is -0.990. The minimum atomic E-state index is -0.165. The first-order valence-electron chi connectivity index (χ1n) is 6.08. The fraction of sp³-hybridized carbons (Fsp3) is 0.250. The summed E-state index contributed by atoms with van der Waals surface area (Å²) >= 11 is 10.2. The van der Waals surface area contributed by atoms with Crippen molar-refractivity contribution in [3.8, 4) is 5.75 Å². The first-order valence-corrected chi connectivity index (χ1v) is 7.31. The molecule has 2 aromatic carbocycles. The van der Waals surface area contributed by atoms with Gasteiger partial charge in [-0.05, 0) is 48.2 Å². The average Bonchev–Trinajstić information content (AvgIpc) is 2.38. The molecule has 2 rings (SSSR count). The van der Waals surface area contributed by atoms with Crippen LogP contribution in [0.5, 0.6) is 5.75 Å². The van der Waals surface area contributed by atoms with Gasteiger partial charge in [0.2, 0.25) is 0 Å². The average molecular weight is 340 g/mol. The molecule has 0 fully saturated rings. The van der Waals surface area contributed by atoms with Crippen LogP contribution in [0, 0.1) is 13.8 Å². The number of benzene rings is 2. The highest BCUT2D eigenvalue weighted by Gasteiger charge is 2.18. The Morgan fingerprint density at radius 2 is 1.74 bits per heavy atom. The molecular formula is C16H16BrClO. The molecule has 0 aliphatic heterocycles. The summed E-state index contributed by atoms with van der Waals surface area (Å²) in [6.45, 7) is 4.18. The highest BCUT2D eigenvalue weighted by atomic mass is 79.9. The molecule has 0 heterocycles.